The van der Waals surface area contributed by atoms with Gasteiger partial charge in [-0.3, -0.25) is 9.69 Å². The molecule has 2 aromatic carbocycles. The van der Waals surface area contributed by atoms with Crippen molar-refractivity contribution in [2.45, 2.75) is 39.4 Å². The maximum atomic E-state index is 13.5. The summed E-state index contributed by atoms with van der Waals surface area (Å²) in [4.78, 5) is 18.7. The molecule has 4 rings (SSSR count). The second-order valence-corrected chi connectivity index (χ2v) is 11.3. The molecule has 0 saturated carbocycles. The summed E-state index contributed by atoms with van der Waals surface area (Å²) in [6.45, 7) is 9.04. The fraction of sp³-hybridized carbons (Fsp3) is 0.414. The first kappa shape index (κ1) is 27.3. The average molecular weight is 533 g/mol. The minimum absolute atomic E-state index is 0.0492. The van der Waals surface area contributed by atoms with Gasteiger partial charge in [0.2, 0.25) is 0 Å². The summed E-state index contributed by atoms with van der Waals surface area (Å²) in [5, 5.41) is 2.05. The zero-order chi connectivity index (χ0) is 26.7. The highest BCUT2D eigenvalue weighted by atomic mass is 32.1. The fourth-order valence-electron chi connectivity index (χ4n) is 5.11. The Kier molecular flexibility index (Phi) is 8.39. The number of nitrogens with zero attached hydrogens (tertiary/aromatic N) is 2. The number of rotatable bonds is 8. The zero-order valence-electron chi connectivity index (χ0n) is 21.3. The SMILES string of the molecule is Cc1ccsc1CN1CC(CN(CC(C)C)C(=O)c2ccc(F)cc2)C(c2cccc(C(F)(F)F)c2)C1. The Morgan fingerprint density at radius 3 is 2.46 bits per heavy atom. The van der Waals surface area contributed by atoms with Gasteiger partial charge < -0.3 is 4.90 Å². The van der Waals surface area contributed by atoms with E-state index >= 15 is 0 Å². The highest BCUT2D eigenvalue weighted by Gasteiger charge is 2.38. The summed E-state index contributed by atoms with van der Waals surface area (Å²) in [5.74, 6) is -0.608. The van der Waals surface area contributed by atoms with Crippen LogP contribution >= 0.6 is 11.3 Å². The molecule has 1 aliphatic heterocycles. The summed E-state index contributed by atoms with van der Waals surface area (Å²) in [5.41, 5.74) is 1.60. The van der Waals surface area contributed by atoms with E-state index in [0.717, 1.165) is 12.6 Å². The topological polar surface area (TPSA) is 23.6 Å². The minimum atomic E-state index is -4.42. The summed E-state index contributed by atoms with van der Waals surface area (Å²) in [6, 6.07) is 13.2. The predicted molar refractivity (Wildman–Crippen MR) is 139 cm³/mol. The van der Waals surface area contributed by atoms with Crippen LogP contribution in [0.15, 0.2) is 60.0 Å². The van der Waals surface area contributed by atoms with Gasteiger partial charge in [0.25, 0.3) is 5.91 Å². The molecule has 198 valence electrons. The number of alkyl halides is 3. The van der Waals surface area contributed by atoms with Gasteiger partial charge in [0.1, 0.15) is 5.82 Å². The third-order valence-electron chi connectivity index (χ3n) is 6.91. The number of carbonyl (C=O) groups is 1. The molecule has 0 bridgehead atoms. The number of likely N-dealkylation sites (tertiary alicyclic amines) is 1. The highest BCUT2D eigenvalue weighted by Crippen LogP contribution is 2.38. The fourth-order valence-corrected chi connectivity index (χ4v) is 6.05. The number of aryl methyl sites for hydroxylation is 1. The summed E-state index contributed by atoms with van der Waals surface area (Å²) in [7, 11) is 0. The maximum absolute atomic E-state index is 13.5. The second kappa shape index (κ2) is 11.4. The molecule has 1 fully saturated rings. The van der Waals surface area contributed by atoms with Crippen molar-refractivity contribution in [2.24, 2.45) is 11.8 Å². The zero-order valence-corrected chi connectivity index (χ0v) is 22.1. The lowest BCUT2D eigenvalue weighted by atomic mass is 9.87. The van der Waals surface area contributed by atoms with Crippen molar-refractivity contribution in [3.8, 4) is 0 Å². The molecule has 1 aromatic heterocycles. The van der Waals surface area contributed by atoms with E-state index in [9.17, 15) is 22.4 Å². The predicted octanol–water partition coefficient (Wildman–Crippen LogP) is 7.23. The molecule has 3 nitrogen and oxygen atoms in total. The Morgan fingerprint density at radius 2 is 1.84 bits per heavy atom. The van der Waals surface area contributed by atoms with Crippen LogP contribution in [-0.4, -0.2) is 41.9 Å². The largest absolute Gasteiger partial charge is 0.416 e. The molecule has 0 radical (unpaired) electrons. The minimum Gasteiger partial charge on any atom is -0.338 e. The van der Waals surface area contributed by atoms with Crippen LogP contribution in [0.25, 0.3) is 0 Å². The van der Waals surface area contributed by atoms with Gasteiger partial charge in [-0.15, -0.1) is 11.3 Å². The van der Waals surface area contributed by atoms with E-state index in [2.05, 4.69) is 17.9 Å². The molecule has 8 heteroatoms. The Labute approximate surface area is 219 Å². The Morgan fingerprint density at radius 1 is 1.11 bits per heavy atom. The van der Waals surface area contributed by atoms with Gasteiger partial charge in [-0.2, -0.15) is 13.2 Å². The molecular formula is C29H32F4N2OS. The van der Waals surface area contributed by atoms with E-state index in [-0.39, 0.29) is 23.7 Å². The number of amides is 1. The van der Waals surface area contributed by atoms with E-state index in [1.165, 1.54) is 46.8 Å². The molecule has 1 amide bonds. The second-order valence-electron chi connectivity index (χ2n) is 10.3. The van der Waals surface area contributed by atoms with Gasteiger partial charge >= 0.3 is 6.18 Å². The number of carbonyl (C=O) groups excluding carboxylic acids is 1. The van der Waals surface area contributed by atoms with Crippen LogP contribution < -0.4 is 0 Å². The number of thiophene rings is 1. The molecule has 2 atom stereocenters. The lowest BCUT2D eigenvalue weighted by molar-refractivity contribution is -0.137. The molecule has 0 spiro atoms. The molecule has 1 saturated heterocycles. The van der Waals surface area contributed by atoms with Crippen LogP contribution in [0.1, 0.15) is 51.7 Å². The van der Waals surface area contributed by atoms with Crippen molar-refractivity contribution < 1.29 is 22.4 Å². The van der Waals surface area contributed by atoms with Crippen LogP contribution in [0.4, 0.5) is 17.6 Å². The normalized spacial score (nSPS) is 18.5. The number of hydrogen-bond acceptors (Lipinski definition) is 3. The third kappa shape index (κ3) is 6.79. The van der Waals surface area contributed by atoms with Gasteiger partial charge in [-0.25, -0.2) is 4.39 Å². The standard InChI is InChI=1S/C29H32F4N2OS/c1-19(2)14-35(28(36)21-7-9-25(30)10-8-21)16-23-15-34(18-27-20(3)11-12-37-27)17-26(23)22-5-4-6-24(13-22)29(31,32)33/h4-13,19,23,26H,14-18H2,1-3H3. The number of halogens is 4. The van der Waals surface area contributed by atoms with Gasteiger partial charge in [-0.05, 0) is 71.7 Å². The van der Waals surface area contributed by atoms with E-state index in [4.69, 9.17) is 0 Å². The van der Waals surface area contributed by atoms with Crippen molar-refractivity contribution in [3.63, 3.8) is 0 Å². The number of hydrogen-bond donors (Lipinski definition) is 0. The molecule has 3 aromatic rings. The Hall–Kier alpha value is -2.71. The summed E-state index contributed by atoms with van der Waals surface area (Å²) >= 11 is 1.68. The van der Waals surface area contributed by atoms with Crippen molar-refractivity contribution in [3.05, 3.63) is 92.9 Å². The van der Waals surface area contributed by atoms with E-state index < -0.39 is 17.6 Å². The Balaban J connectivity index is 1.63. The highest BCUT2D eigenvalue weighted by molar-refractivity contribution is 7.10. The molecule has 0 N–H and O–H groups in total. The Bertz CT molecular complexity index is 1210. The summed E-state index contributed by atoms with van der Waals surface area (Å²) in [6.07, 6.45) is -4.42. The van der Waals surface area contributed by atoms with Gasteiger partial charge in [0, 0.05) is 49.1 Å². The molecule has 37 heavy (non-hydrogen) atoms. The third-order valence-corrected chi connectivity index (χ3v) is 7.92. The van der Waals surface area contributed by atoms with Gasteiger partial charge in [0.05, 0.1) is 5.56 Å². The number of benzene rings is 2. The van der Waals surface area contributed by atoms with Gasteiger partial charge in [0.15, 0.2) is 0 Å². The first-order chi connectivity index (χ1) is 17.5. The molecule has 1 aliphatic rings. The van der Waals surface area contributed by atoms with Crippen LogP contribution in [-0.2, 0) is 12.7 Å². The lowest BCUT2D eigenvalue weighted by Crippen LogP contribution is -2.39. The van der Waals surface area contributed by atoms with E-state index in [1.54, 1.807) is 22.3 Å². The quantitative estimate of drug-likeness (QED) is 0.286. The molecule has 2 unspecified atom stereocenters. The monoisotopic (exact) mass is 532 g/mol. The van der Waals surface area contributed by atoms with Crippen LogP contribution in [0.2, 0.25) is 0 Å². The van der Waals surface area contributed by atoms with Crippen LogP contribution in [0.5, 0.6) is 0 Å². The maximum Gasteiger partial charge on any atom is 0.416 e. The van der Waals surface area contributed by atoms with Crippen molar-refractivity contribution in [2.75, 3.05) is 26.2 Å². The van der Waals surface area contributed by atoms with Gasteiger partial charge in [-0.1, -0.05) is 32.0 Å². The molecule has 2 heterocycles. The average Bonchev–Trinajstić information content (AvgIpc) is 3.43. The molecule has 0 aliphatic carbocycles. The van der Waals surface area contributed by atoms with E-state index in [1.807, 2.05) is 19.2 Å². The van der Waals surface area contributed by atoms with Crippen molar-refractivity contribution >= 4 is 17.2 Å². The smallest absolute Gasteiger partial charge is 0.338 e. The summed E-state index contributed by atoms with van der Waals surface area (Å²) < 4.78 is 54.0. The first-order valence-corrected chi connectivity index (χ1v) is 13.4. The van der Waals surface area contributed by atoms with E-state index in [0.29, 0.717) is 37.3 Å². The van der Waals surface area contributed by atoms with Crippen LogP contribution in [0.3, 0.4) is 0 Å². The van der Waals surface area contributed by atoms with Crippen LogP contribution in [0, 0.1) is 24.6 Å². The molecular weight excluding hydrogens is 500 g/mol. The van der Waals surface area contributed by atoms with Crippen molar-refractivity contribution in [1.82, 2.24) is 9.80 Å². The first-order valence-electron chi connectivity index (χ1n) is 12.5. The lowest BCUT2D eigenvalue weighted by Gasteiger charge is -2.30. The van der Waals surface area contributed by atoms with Crippen molar-refractivity contribution in [1.29, 1.82) is 0 Å².